The van der Waals surface area contributed by atoms with Crippen molar-refractivity contribution in [2.45, 2.75) is 19.9 Å². The fraction of sp³-hybridized carbons (Fsp3) is 0.360. The molecule has 2 aromatic carbocycles. The van der Waals surface area contributed by atoms with Crippen LogP contribution in [-0.4, -0.2) is 66.6 Å². The monoisotopic (exact) mass is 454 g/mol. The number of carbonyl (C=O) groups excluding carboxylic acids is 2. The Morgan fingerprint density at radius 1 is 1.06 bits per heavy atom. The summed E-state index contributed by atoms with van der Waals surface area (Å²) in [6.07, 6.45) is 2.61. The lowest BCUT2D eigenvalue weighted by atomic mass is 10.1. The van der Waals surface area contributed by atoms with Crippen molar-refractivity contribution in [3.63, 3.8) is 0 Å². The maximum Gasteiger partial charge on any atom is 0.317 e. The third-order valence-electron chi connectivity index (χ3n) is 5.47. The summed E-state index contributed by atoms with van der Waals surface area (Å²) in [5.74, 6) is -0.501. The third-order valence-corrected chi connectivity index (χ3v) is 5.47. The molecule has 3 aromatic rings. The zero-order valence-electron chi connectivity index (χ0n) is 19.1. The molecule has 33 heavy (non-hydrogen) atoms. The number of nitrogens with one attached hydrogen (secondary N) is 2. The van der Waals surface area contributed by atoms with Gasteiger partial charge in [-0.25, -0.2) is 9.18 Å². The fourth-order valence-electron chi connectivity index (χ4n) is 3.68. The van der Waals surface area contributed by atoms with E-state index in [-0.39, 0.29) is 24.3 Å². The Morgan fingerprint density at radius 2 is 1.82 bits per heavy atom. The largest absolute Gasteiger partial charge is 0.383 e. The minimum Gasteiger partial charge on any atom is -0.383 e. The van der Waals surface area contributed by atoms with Crippen LogP contribution in [0.1, 0.15) is 18.1 Å². The van der Waals surface area contributed by atoms with Crippen molar-refractivity contribution in [1.82, 2.24) is 20.1 Å². The Hall–Kier alpha value is -3.39. The molecule has 3 rings (SSSR count). The predicted octanol–water partition coefficient (Wildman–Crippen LogP) is 3.56. The maximum absolute atomic E-state index is 13.4. The van der Waals surface area contributed by atoms with Crippen molar-refractivity contribution in [3.8, 4) is 0 Å². The van der Waals surface area contributed by atoms with E-state index >= 15 is 0 Å². The van der Waals surface area contributed by atoms with Crippen molar-refractivity contribution < 1.29 is 18.7 Å². The maximum atomic E-state index is 13.4. The minimum atomic E-state index is -0.322. The molecule has 3 amide bonds. The number of para-hydroxylation sites is 1. The molecule has 0 unspecified atom stereocenters. The van der Waals surface area contributed by atoms with E-state index in [0.717, 1.165) is 22.0 Å². The highest BCUT2D eigenvalue weighted by molar-refractivity contribution is 5.85. The highest BCUT2D eigenvalue weighted by Crippen LogP contribution is 2.19. The number of fused-ring (bicyclic) bond motifs is 1. The summed E-state index contributed by atoms with van der Waals surface area (Å²) in [4.78, 5) is 32.2. The zero-order chi connectivity index (χ0) is 23.6. The molecule has 0 aliphatic carbocycles. The number of hydrogen-bond acceptors (Lipinski definition) is 3. The van der Waals surface area contributed by atoms with E-state index in [1.54, 1.807) is 24.1 Å². The minimum absolute atomic E-state index is 0.0652. The molecule has 8 heteroatoms. The van der Waals surface area contributed by atoms with E-state index in [0.29, 0.717) is 39.2 Å². The number of methoxy groups -OCH3 is 1. The van der Waals surface area contributed by atoms with Crippen molar-refractivity contribution in [1.29, 1.82) is 0 Å². The van der Waals surface area contributed by atoms with Crippen molar-refractivity contribution in [2.75, 3.05) is 39.9 Å². The van der Waals surface area contributed by atoms with Gasteiger partial charge in [0.25, 0.3) is 0 Å². The first-order chi connectivity index (χ1) is 16.0. The molecule has 176 valence electrons. The second kappa shape index (κ2) is 12.0. The first-order valence-electron chi connectivity index (χ1n) is 11.1. The van der Waals surface area contributed by atoms with Crippen LogP contribution in [0.4, 0.5) is 9.18 Å². The molecule has 0 bridgehead atoms. The molecule has 1 aromatic heterocycles. The molecule has 0 saturated heterocycles. The van der Waals surface area contributed by atoms with Gasteiger partial charge in [-0.15, -0.1) is 0 Å². The standard InChI is InChI=1S/C25H31FN4O3/c1-3-27-25(32)30(14-15-33-2)18-24(31)29(17-19-8-10-21(26)11-9-19)13-12-20-16-28-23-7-5-4-6-22(20)23/h4-11,16,28H,3,12-15,17-18H2,1-2H3,(H,27,32). The SMILES string of the molecule is CCNC(=O)N(CCOC)CC(=O)N(CCc1c[nH]c2ccccc12)Cc1ccc(F)cc1. The smallest absolute Gasteiger partial charge is 0.317 e. The number of halogens is 1. The van der Waals surface area contributed by atoms with Crippen LogP contribution >= 0.6 is 0 Å². The first kappa shape index (κ1) is 24.3. The number of carbonyl (C=O) groups is 2. The van der Waals surface area contributed by atoms with Crippen LogP contribution in [0.25, 0.3) is 10.9 Å². The molecule has 0 aliphatic heterocycles. The topological polar surface area (TPSA) is 77.7 Å². The number of rotatable bonds is 11. The van der Waals surface area contributed by atoms with E-state index < -0.39 is 0 Å². The number of H-pyrrole nitrogens is 1. The summed E-state index contributed by atoms with van der Waals surface area (Å²) < 4.78 is 18.5. The second-order valence-corrected chi connectivity index (χ2v) is 7.80. The molecule has 0 fully saturated rings. The summed E-state index contributed by atoms with van der Waals surface area (Å²) in [6.45, 7) is 3.66. The van der Waals surface area contributed by atoms with Crippen LogP contribution in [0.3, 0.4) is 0 Å². The summed E-state index contributed by atoms with van der Waals surface area (Å²) in [6, 6.07) is 13.8. The van der Waals surface area contributed by atoms with Gasteiger partial charge in [0, 0.05) is 50.4 Å². The lowest BCUT2D eigenvalue weighted by Gasteiger charge is -2.28. The number of hydrogen-bond donors (Lipinski definition) is 2. The van der Waals surface area contributed by atoms with Gasteiger partial charge in [0.2, 0.25) is 5.91 Å². The van der Waals surface area contributed by atoms with E-state index in [1.807, 2.05) is 31.3 Å². The predicted molar refractivity (Wildman–Crippen MR) is 126 cm³/mol. The third kappa shape index (κ3) is 6.79. The van der Waals surface area contributed by atoms with Gasteiger partial charge in [-0.2, -0.15) is 0 Å². The lowest BCUT2D eigenvalue weighted by molar-refractivity contribution is -0.132. The Morgan fingerprint density at radius 3 is 2.55 bits per heavy atom. The summed E-state index contributed by atoms with van der Waals surface area (Å²) >= 11 is 0. The number of aromatic nitrogens is 1. The van der Waals surface area contributed by atoms with Gasteiger partial charge in [-0.3, -0.25) is 4.79 Å². The van der Waals surface area contributed by atoms with Crippen LogP contribution in [-0.2, 0) is 22.5 Å². The molecule has 0 atom stereocenters. The van der Waals surface area contributed by atoms with Gasteiger partial charge in [0.1, 0.15) is 12.4 Å². The van der Waals surface area contributed by atoms with E-state index in [9.17, 15) is 14.0 Å². The molecule has 0 saturated carbocycles. The van der Waals surface area contributed by atoms with Crippen molar-refractivity contribution >= 4 is 22.8 Å². The van der Waals surface area contributed by atoms with E-state index in [4.69, 9.17) is 4.74 Å². The fourth-order valence-corrected chi connectivity index (χ4v) is 3.68. The normalized spacial score (nSPS) is 10.9. The number of amides is 3. The van der Waals surface area contributed by atoms with Crippen LogP contribution in [0, 0.1) is 5.82 Å². The first-order valence-corrected chi connectivity index (χ1v) is 11.1. The number of ether oxygens (including phenoxy) is 1. The van der Waals surface area contributed by atoms with Crippen LogP contribution < -0.4 is 5.32 Å². The zero-order valence-corrected chi connectivity index (χ0v) is 19.1. The summed E-state index contributed by atoms with van der Waals surface area (Å²) in [5.41, 5.74) is 2.98. The Kier molecular flexibility index (Phi) is 8.83. The van der Waals surface area contributed by atoms with Crippen LogP contribution in [0.2, 0.25) is 0 Å². The second-order valence-electron chi connectivity index (χ2n) is 7.80. The number of nitrogens with zero attached hydrogens (tertiary/aromatic N) is 2. The summed E-state index contributed by atoms with van der Waals surface area (Å²) in [7, 11) is 1.56. The van der Waals surface area contributed by atoms with Crippen LogP contribution in [0.15, 0.2) is 54.7 Å². The Labute approximate surface area is 193 Å². The molecule has 0 aliphatic rings. The van der Waals surface area contributed by atoms with Crippen molar-refractivity contribution in [2.24, 2.45) is 0 Å². The Bertz CT molecular complexity index is 1050. The average Bonchev–Trinajstić information content (AvgIpc) is 3.23. The highest BCUT2D eigenvalue weighted by Gasteiger charge is 2.21. The van der Waals surface area contributed by atoms with E-state index in [1.165, 1.54) is 17.0 Å². The molecule has 7 nitrogen and oxygen atoms in total. The molecule has 0 radical (unpaired) electrons. The Balaban J connectivity index is 1.76. The highest BCUT2D eigenvalue weighted by atomic mass is 19.1. The van der Waals surface area contributed by atoms with Gasteiger partial charge >= 0.3 is 6.03 Å². The van der Waals surface area contributed by atoms with Gasteiger partial charge in [0.15, 0.2) is 0 Å². The molecular weight excluding hydrogens is 423 g/mol. The lowest BCUT2D eigenvalue weighted by Crippen LogP contribution is -2.48. The van der Waals surface area contributed by atoms with Gasteiger partial charge < -0.3 is 24.8 Å². The van der Waals surface area contributed by atoms with Gasteiger partial charge in [0.05, 0.1) is 6.61 Å². The number of urea groups is 1. The number of aromatic amines is 1. The molecule has 1 heterocycles. The molecule has 0 spiro atoms. The summed E-state index contributed by atoms with van der Waals surface area (Å²) in [5, 5.41) is 3.87. The van der Waals surface area contributed by atoms with Gasteiger partial charge in [-0.05, 0) is 42.7 Å². The molecule has 2 N–H and O–H groups in total. The van der Waals surface area contributed by atoms with E-state index in [2.05, 4.69) is 16.4 Å². The number of benzene rings is 2. The quantitative estimate of drug-likeness (QED) is 0.465. The van der Waals surface area contributed by atoms with Crippen LogP contribution in [0.5, 0.6) is 0 Å². The average molecular weight is 455 g/mol. The van der Waals surface area contributed by atoms with Gasteiger partial charge in [-0.1, -0.05) is 30.3 Å². The molecular formula is C25H31FN4O3. The van der Waals surface area contributed by atoms with Crippen molar-refractivity contribution in [3.05, 3.63) is 71.7 Å².